The summed E-state index contributed by atoms with van der Waals surface area (Å²) in [6, 6.07) is 87.2. The van der Waals surface area contributed by atoms with Crippen molar-refractivity contribution in [3.63, 3.8) is 0 Å². The van der Waals surface area contributed by atoms with Gasteiger partial charge in [-0.2, -0.15) is 0 Å². The molecular formula is C66H51N. The first-order valence-electron chi connectivity index (χ1n) is 23.6. The zero-order valence-corrected chi connectivity index (χ0v) is 38.5. The van der Waals surface area contributed by atoms with E-state index in [1.54, 1.807) is 0 Å². The van der Waals surface area contributed by atoms with E-state index in [4.69, 9.17) is 0 Å². The van der Waals surface area contributed by atoms with Gasteiger partial charge >= 0.3 is 0 Å². The first-order chi connectivity index (χ1) is 32.7. The number of fused-ring (bicyclic) bond motifs is 6. The fraction of sp³-hybridized carbons (Fsp3) is 0.0909. The Morgan fingerprint density at radius 1 is 0.224 bits per heavy atom. The molecule has 0 heterocycles. The van der Waals surface area contributed by atoms with Gasteiger partial charge in [-0.25, -0.2) is 0 Å². The molecular weight excluding hydrogens is 807 g/mol. The second kappa shape index (κ2) is 15.9. The van der Waals surface area contributed by atoms with Crippen LogP contribution in [0.2, 0.25) is 0 Å². The van der Waals surface area contributed by atoms with Crippen LogP contribution in [-0.2, 0) is 10.8 Å². The highest BCUT2D eigenvalue weighted by atomic mass is 15.1. The second-order valence-electron chi connectivity index (χ2n) is 19.3. The monoisotopic (exact) mass is 857 g/mol. The lowest BCUT2D eigenvalue weighted by atomic mass is 9.78. The smallest absolute Gasteiger partial charge is 0.0462 e. The maximum Gasteiger partial charge on any atom is 0.0462 e. The predicted molar refractivity (Wildman–Crippen MR) is 283 cm³/mol. The average Bonchev–Trinajstić information content (AvgIpc) is 3.75. The van der Waals surface area contributed by atoms with Crippen molar-refractivity contribution in [1.29, 1.82) is 0 Å². The molecule has 2 aliphatic rings. The fourth-order valence-electron chi connectivity index (χ4n) is 11.0. The van der Waals surface area contributed by atoms with E-state index in [0.717, 1.165) is 17.1 Å². The molecule has 2 aliphatic carbocycles. The summed E-state index contributed by atoms with van der Waals surface area (Å²) in [5.74, 6) is 0. The Balaban J connectivity index is 0.948. The van der Waals surface area contributed by atoms with E-state index in [1.165, 1.54) is 100 Å². The lowest BCUT2D eigenvalue weighted by Crippen LogP contribution is -2.17. The molecule has 0 atom stereocenters. The highest BCUT2D eigenvalue weighted by molar-refractivity contribution is 5.95. The Morgan fingerprint density at radius 3 is 0.970 bits per heavy atom. The third kappa shape index (κ3) is 6.85. The molecule has 0 bridgehead atoms. The number of anilines is 3. The van der Waals surface area contributed by atoms with Crippen molar-refractivity contribution in [1.82, 2.24) is 0 Å². The number of rotatable bonds is 8. The minimum atomic E-state index is -0.162. The Bertz CT molecular complexity index is 3440. The van der Waals surface area contributed by atoms with Crippen LogP contribution in [0, 0.1) is 0 Å². The van der Waals surface area contributed by atoms with Gasteiger partial charge in [0.15, 0.2) is 0 Å². The molecule has 0 N–H and O–H groups in total. The van der Waals surface area contributed by atoms with Crippen LogP contribution in [0.25, 0.3) is 77.9 Å². The van der Waals surface area contributed by atoms with Crippen molar-refractivity contribution in [2.45, 2.75) is 38.5 Å². The van der Waals surface area contributed by atoms with Gasteiger partial charge in [-0.1, -0.05) is 204 Å². The number of hydrogen-bond acceptors (Lipinski definition) is 1. The molecule has 1 nitrogen and oxygen atoms in total. The molecule has 0 fully saturated rings. The molecule has 0 amide bonds. The van der Waals surface area contributed by atoms with Gasteiger partial charge in [-0.3, -0.25) is 0 Å². The van der Waals surface area contributed by atoms with Crippen molar-refractivity contribution in [2.24, 2.45) is 0 Å². The van der Waals surface area contributed by atoms with E-state index in [-0.39, 0.29) is 10.8 Å². The van der Waals surface area contributed by atoms with Crippen molar-refractivity contribution >= 4 is 17.1 Å². The maximum absolute atomic E-state index is 2.53. The minimum absolute atomic E-state index is 0.0707. The van der Waals surface area contributed by atoms with E-state index in [2.05, 4.69) is 269 Å². The van der Waals surface area contributed by atoms with Crippen LogP contribution >= 0.6 is 0 Å². The molecule has 0 aromatic heterocycles. The van der Waals surface area contributed by atoms with Crippen molar-refractivity contribution < 1.29 is 0 Å². The highest BCUT2D eigenvalue weighted by Crippen LogP contribution is 2.57. The summed E-state index contributed by atoms with van der Waals surface area (Å²) in [4.78, 5) is 2.38. The van der Waals surface area contributed by atoms with Gasteiger partial charge in [0.05, 0.1) is 0 Å². The van der Waals surface area contributed by atoms with Crippen LogP contribution in [0.4, 0.5) is 17.1 Å². The summed E-state index contributed by atoms with van der Waals surface area (Å²) in [6.07, 6.45) is 0. The Labute approximate surface area is 395 Å². The average molecular weight is 858 g/mol. The molecule has 10 aromatic carbocycles. The molecule has 0 radical (unpaired) electrons. The molecule has 0 spiro atoms. The van der Waals surface area contributed by atoms with E-state index in [1.807, 2.05) is 0 Å². The molecule has 67 heavy (non-hydrogen) atoms. The van der Waals surface area contributed by atoms with Crippen LogP contribution < -0.4 is 4.90 Å². The van der Waals surface area contributed by atoms with E-state index >= 15 is 0 Å². The second-order valence-corrected chi connectivity index (χ2v) is 19.3. The van der Waals surface area contributed by atoms with Gasteiger partial charge in [0, 0.05) is 27.9 Å². The summed E-state index contributed by atoms with van der Waals surface area (Å²) in [5.41, 5.74) is 26.3. The van der Waals surface area contributed by atoms with Gasteiger partial charge in [-0.15, -0.1) is 0 Å². The van der Waals surface area contributed by atoms with Gasteiger partial charge in [-0.05, 0) is 161 Å². The molecule has 0 saturated heterocycles. The molecule has 1 heteroatoms. The quantitative estimate of drug-likeness (QED) is 0.147. The summed E-state index contributed by atoms with van der Waals surface area (Å²) >= 11 is 0. The standard InChI is InChI=1S/C66H51N/c1-65(2)61-23-15-14-22-55(61)59-42-64-60(43-63(59)65)58-40-56(57(41-62(58)66(64,3)4)50-20-12-7-13-21-50)51-32-38-54(39-33-51)67(52-34-28-48(29-35-52)45-18-10-6-11-19-45)53-36-30-49(31-37-53)47-26-24-46(25-27-47)44-16-8-5-9-17-44/h5-43H,1-4H3. The van der Waals surface area contributed by atoms with Crippen LogP contribution in [0.1, 0.15) is 49.9 Å². The topological polar surface area (TPSA) is 3.24 Å². The van der Waals surface area contributed by atoms with Gasteiger partial charge in [0.2, 0.25) is 0 Å². The molecule has 12 rings (SSSR count). The SMILES string of the molecule is CC1(C)c2ccccc2-c2cc3c(cc21)-c1cc(-c2ccc(N(c4ccc(-c5ccccc5)cc4)c4ccc(-c5ccc(-c6ccccc6)cc5)cc4)cc2)c(-c2ccccc2)cc1C3(C)C. The lowest BCUT2D eigenvalue weighted by Gasteiger charge is -2.26. The van der Waals surface area contributed by atoms with E-state index in [0.29, 0.717) is 0 Å². The molecule has 0 aliphatic heterocycles. The third-order valence-corrected chi connectivity index (χ3v) is 14.7. The highest BCUT2D eigenvalue weighted by Gasteiger charge is 2.42. The largest absolute Gasteiger partial charge is 0.311 e. The van der Waals surface area contributed by atoms with Crippen molar-refractivity contribution in [3.05, 3.63) is 259 Å². The van der Waals surface area contributed by atoms with Crippen LogP contribution in [0.3, 0.4) is 0 Å². The van der Waals surface area contributed by atoms with Gasteiger partial charge < -0.3 is 4.90 Å². The maximum atomic E-state index is 2.53. The summed E-state index contributed by atoms with van der Waals surface area (Å²) in [5, 5.41) is 0. The summed E-state index contributed by atoms with van der Waals surface area (Å²) in [7, 11) is 0. The molecule has 0 saturated carbocycles. The first-order valence-corrected chi connectivity index (χ1v) is 23.6. The predicted octanol–water partition coefficient (Wildman–Crippen LogP) is 18.1. The first kappa shape index (κ1) is 40.5. The lowest BCUT2D eigenvalue weighted by molar-refractivity contribution is 0.652. The van der Waals surface area contributed by atoms with Crippen LogP contribution in [0.15, 0.2) is 237 Å². The number of benzene rings is 10. The van der Waals surface area contributed by atoms with E-state index in [9.17, 15) is 0 Å². The molecule has 0 unspecified atom stereocenters. The van der Waals surface area contributed by atoms with E-state index < -0.39 is 0 Å². The Kier molecular flexibility index (Phi) is 9.59. The fourth-order valence-corrected chi connectivity index (χ4v) is 11.0. The Morgan fingerprint density at radius 2 is 0.507 bits per heavy atom. The molecule has 10 aromatic rings. The normalized spacial score (nSPS) is 13.6. The number of nitrogens with zero attached hydrogens (tertiary/aromatic N) is 1. The van der Waals surface area contributed by atoms with Crippen LogP contribution in [0.5, 0.6) is 0 Å². The van der Waals surface area contributed by atoms with Crippen molar-refractivity contribution in [3.8, 4) is 77.9 Å². The summed E-state index contributed by atoms with van der Waals surface area (Å²) in [6.45, 7) is 9.59. The zero-order chi connectivity index (χ0) is 45.3. The zero-order valence-electron chi connectivity index (χ0n) is 38.5. The third-order valence-electron chi connectivity index (χ3n) is 14.7. The number of hydrogen-bond donors (Lipinski definition) is 0. The molecule has 320 valence electrons. The van der Waals surface area contributed by atoms with Crippen molar-refractivity contribution in [2.75, 3.05) is 4.90 Å². The van der Waals surface area contributed by atoms with Gasteiger partial charge in [0.1, 0.15) is 0 Å². The summed E-state index contributed by atoms with van der Waals surface area (Å²) < 4.78 is 0. The minimum Gasteiger partial charge on any atom is -0.311 e. The van der Waals surface area contributed by atoms with Gasteiger partial charge in [0.25, 0.3) is 0 Å². The van der Waals surface area contributed by atoms with Crippen LogP contribution in [-0.4, -0.2) is 0 Å². The Hall–Kier alpha value is -8.00.